The van der Waals surface area contributed by atoms with E-state index in [1.54, 1.807) is 0 Å². The first-order valence-corrected chi connectivity index (χ1v) is 9.60. The Balaban J connectivity index is 1.56. The highest BCUT2D eigenvalue weighted by Crippen LogP contribution is 2.18. The molecule has 1 saturated heterocycles. The van der Waals surface area contributed by atoms with E-state index in [9.17, 15) is 4.79 Å². The Bertz CT molecular complexity index is 737. The van der Waals surface area contributed by atoms with Crippen molar-refractivity contribution in [2.24, 2.45) is 5.92 Å². The van der Waals surface area contributed by atoms with Crippen LogP contribution in [0, 0.1) is 5.92 Å². The highest BCUT2D eigenvalue weighted by atomic mass is 16.5. The molecule has 0 saturated carbocycles. The highest BCUT2D eigenvalue weighted by Gasteiger charge is 2.14. The number of amides is 2. The molecular weight excluding hydrogens is 342 g/mol. The summed E-state index contributed by atoms with van der Waals surface area (Å²) >= 11 is 0. The zero-order valence-corrected chi connectivity index (χ0v) is 16.1. The monoisotopic (exact) mass is 371 g/mol. The van der Waals surface area contributed by atoms with Crippen molar-refractivity contribution in [3.8, 4) is 0 Å². The molecule has 0 radical (unpaired) electrons. The Morgan fingerprint density at radius 1 is 1.26 bits per heavy atom. The Kier molecular flexibility index (Phi) is 6.84. The first-order valence-electron chi connectivity index (χ1n) is 9.60. The molecule has 3 N–H and O–H groups in total. The molecule has 0 atom stereocenters. The molecule has 1 aliphatic rings. The molecule has 1 fully saturated rings. The van der Waals surface area contributed by atoms with Crippen molar-refractivity contribution in [1.82, 2.24) is 15.1 Å². The number of aryl methyl sites for hydroxylation is 1. The number of hydrogen-bond donors (Lipinski definition) is 3. The minimum Gasteiger partial charge on any atom is -0.379 e. The summed E-state index contributed by atoms with van der Waals surface area (Å²) in [6.45, 7) is 8.51. The third kappa shape index (κ3) is 6.08. The Labute approximate surface area is 160 Å². The fourth-order valence-corrected chi connectivity index (χ4v) is 3.05. The first kappa shape index (κ1) is 19.4. The summed E-state index contributed by atoms with van der Waals surface area (Å²) in [6.07, 6.45) is 2.01. The van der Waals surface area contributed by atoms with Crippen LogP contribution in [0.1, 0.15) is 31.5 Å². The van der Waals surface area contributed by atoms with Gasteiger partial charge in [-0.2, -0.15) is 5.10 Å². The molecule has 1 aromatic heterocycles. The Hall–Kier alpha value is -2.38. The van der Waals surface area contributed by atoms with Crippen molar-refractivity contribution in [2.75, 3.05) is 36.9 Å². The fraction of sp³-hybridized carbons (Fsp3) is 0.500. The van der Waals surface area contributed by atoms with Crippen molar-refractivity contribution in [3.63, 3.8) is 0 Å². The number of H-pyrrole nitrogens is 1. The van der Waals surface area contributed by atoms with E-state index in [2.05, 4.69) is 39.6 Å². The lowest BCUT2D eigenvalue weighted by Gasteiger charge is -2.27. The van der Waals surface area contributed by atoms with Crippen LogP contribution in [0.4, 0.5) is 16.3 Å². The van der Waals surface area contributed by atoms with Gasteiger partial charge in [-0.1, -0.05) is 32.0 Å². The van der Waals surface area contributed by atoms with Gasteiger partial charge in [0, 0.05) is 37.1 Å². The second-order valence-electron chi connectivity index (χ2n) is 7.34. The van der Waals surface area contributed by atoms with E-state index >= 15 is 0 Å². The fourth-order valence-electron chi connectivity index (χ4n) is 3.05. The second kappa shape index (κ2) is 9.53. The van der Waals surface area contributed by atoms with Crippen molar-refractivity contribution >= 4 is 17.5 Å². The van der Waals surface area contributed by atoms with E-state index in [0.717, 1.165) is 62.6 Å². The van der Waals surface area contributed by atoms with Gasteiger partial charge in [0.2, 0.25) is 0 Å². The van der Waals surface area contributed by atoms with Gasteiger partial charge in [0.1, 0.15) is 0 Å². The van der Waals surface area contributed by atoms with E-state index in [0.29, 0.717) is 11.7 Å². The normalized spacial score (nSPS) is 15.1. The second-order valence-corrected chi connectivity index (χ2v) is 7.34. The van der Waals surface area contributed by atoms with Crippen LogP contribution in [0.5, 0.6) is 0 Å². The van der Waals surface area contributed by atoms with E-state index in [1.807, 2.05) is 30.3 Å². The van der Waals surface area contributed by atoms with Gasteiger partial charge in [0.25, 0.3) is 0 Å². The summed E-state index contributed by atoms with van der Waals surface area (Å²) in [4.78, 5) is 14.7. The number of ether oxygens (including phenoxy) is 1. The number of rotatable bonds is 7. The lowest BCUT2D eigenvalue weighted by molar-refractivity contribution is 0.0343. The van der Waals surface area contributed by atoms with E-state index in [4.69, 9.17) is 4.74 Å². The van der Waals surface area contributed by atoms with Crippen LogP contribution >= 0.6 is 0 Å². The predicted octanol–water partition coefficient (Wildman–Crippen LogP) is 3.47. The third-order valence-electron chi connectivity index (χ3n) is 4.63. The summed E-state index contributed by atoms with van der Waals surface area (Å²) in [5.41, 5.74) is 2.94. The van der Waals surface area contributed by atoms with Crippen molar-refractivity contribution in [1.29, 1.82) is 0 Å². The molecule has 0 unspecified atom stereocenters. The number of aromatic amines is 1. The number of anilines is 2. The summed E-state index contributed by atoms with van der Waals surface area (Å²) < 4.78 is 5.40. The summed E-state index contributed by atoms with van der Waals surface area (Å²) in [6, 6.07) is 9.50. The number of nitrogens with zero attached hydrogens (tertiary/aromatic N) is 2. The molecule has 7 heteroatoms. The van der Waals surface area contributed by atoms with Gasteiger partial charge in [0.05, 0.1) is 13.2 Å². The van der Waals surface area contributed by atoms with E-state index in [1.165, 1.54) is 0 Å². The molecule has 1 aliphatic heterocycles. The molecule has 2 aromatic rings. The van der Waals surface area contributed by atoms with Gasteiger partial charge in [-0.15, -0.1) is 0 Å². The molecule has 0 aliphatic carbocycles. The molecule has 1 aromatic carbocycles. The minimum absolute atomic E-state index is 0.286. The number of carbonyl (C=O) groups is 1. The maximum absolute atomic E-state index is 12.4. The first-order chi connectivity index (χ1) is 13.1. The molecule has 7 nitrogen and oxygen atoms in total. The molecule has 2 heterocycles. The standard InChI is InChI=1S/C20H29N5O2/c1-15(2)7-8-17-13-19(24-23-17)22-20(26)21-18-6-4-3-5-16(18)14-25-9-11-27-12-10-25/h3-6,13,15H,7-12,14H2,1-2H3,(H3,21,22,23,24,26). The van der Waals surface area contributed by atoms with Crippen molar-refractivity contribution in [3.05, 3.63) is 41.6 Å². The third-order valence-corrected chi connectivity index (χ3v) is 4.63. The number of hydrogen-bond acceptors (Lipinski definition) is 4. The zero-order chi connectivity index (χ0) is 19.1. The number of carbonyl (C=O) groups excluding carboxylic acids is 1. The number of nitrogens with one attached hydrogen (secondary N) is 3. The lowest BCUT2D eigenvalue weighted by atomic mass is 10.1. The number of urea groups is 1. The van der Waals surface area contributed by atoms with Crippen molar-refractivity contribution < 1.29 is 9.53 Å². The van der Waals surface area contributed by atoms with Crippen molar-refractivity contribution in [2.45, 2.75) is 33.2 Å². The molecular formula is C20H29N5O2. The van der Waals surface area contributed by atoms with Crippen LogP contribution in [0.25, 0.3) is 0 Å². The average molecular weight is 371 g/mol. The number of para-hydroxylation sites is 1. The molecule has 146 valence electrons. The summed E-state index contributed by atoms with van der Waals surface area (Å²) in [5, 5.41) is 12.9. The van der Waals surface area contributed by atoms with Crippen LogP contribution < -0.4 is 10.6 Å². The lowest BCUT2D eigenvalue weighted by Crippen LogP contribution is -2.36. The zero-order valence-electron chi connectivity index (χ0n) is 16.1. The number of morpholine rings is 1. The maximum Gasteiger partial charge on any atom is 0.324 e. The topological polar surface area (TPSA) is 82.3 Å². The van der Waals surface area contributed by atoms with E-state index < -0.39 is 0 Å². The van der Waals surface area contributed by atoms with Gasteiger partial charge in [-0.3, -0.25) is 15.3 Å². The maximum atomic E-state index is 12.4. The summed E-state index contributed by atoms with van der Waals surface area (Å²) in [7, 11) is 0. The largest absolute Gasteiger partial charge is 0.379 e. The molecule has 27 heavy (non-hydrogen) atoms. The highest BCUT2D eigenvalue weighted by molar-refractivity contribution is 5.99. The molecule has 0 bridgehead atoms. The SMILES string of the molecule is CC(C)CCc1cc(NC(=O)Nc2ccccc2CN2CCOCC2)n[nH]1. The number of aromatic nitrogens is 2. The molecule has 2 amide bonds. The van der Waals surface area contributed by atoms with Crippen LogP contribution in [-0.4, -0.2) is 47.4 Å². The van der Waals surface area contributed by atoms with Gasteiger partial charge in [-0.05, 0) is 30.4 Å². The minimum atomic E-state index is -0.286. The molecule has 0 spiro atoms. The summed E-state index contributed by atoms with van der Waals surface area (Å²) in [5.74, 6) is 1.17. The van der Waals surface area contributed by atoms with Gasteiger partial charge >= 0.3 is 6.03 Å². The van der Waals surface area contributed by atoms with Crippen LogP contribution in [0.15, 0.2) is 30.3 Å². The Morgan fingerprint density at radius 2 is 2.04 bits per heavy atom. The molecule has 3 rings (SSSR count). The van der Waals surface area contributed by atoms with E-state index in [-0.39, 0.29) is 6.03 Å². The quantitative estimate of drug-likeness (QED) is 0.696. The van der Waals surface area contributed by atoms with Crippen LogP contribution in [0.3, 0.4) is 0 Å². The van der Waals surface area contributed by atoms with Crippen LogP contribution in [-0.2, 0) is 17.7 Å². The van der Waals surface area contributed by atoms with Gasteiger partial charge < -0.3 is 10.1 Å². The Morgan fingerprint density at radius 3 is 2.81 bits per heavy atom. The average Bonchev–Trinajstić information content (AvgIpc) is 3.10. The van der Waals surface area contributed by atoms with Gasteiger partial charge in [0.15, 0.2) is 5.82 Å². The smallest absolute Gasteiger partial charge is 0.324 e. The van der Waals surface area contributed by atoms with Crippen LogP contribution in [0.2, 0.25) is 0 Å². The predicted molar refractivity (Wildman–Crippen MR) is 107 cm³/mol. The number of benzene rings is 1. The van der Waals surface area contributed by atoms with Gasteiger partial charge in [-0.25, -0.2) is 4.79 Å².